The van der Waals surface area contributed by atoms with Gasteiger partial charge in [-0.25, -0.2) is 0 Å². The number of carbonyl (C=O) groups excluding carboxylic acids is 4. The third-order valence-electron chi connectivity index (χ3n) is 10.3. The first-order valence-electron chi connectivity index (χ1n) is 19.2. The number of unbranched alkanes of at least 4 members (excludes halogenated alkanes) is 7. The lowest BCUT2D eigenvalue weighted by molar-refractivity contribution is -0.142. The topological polar surface area (TPSA) is 102 Å². The van der Waals surface area contributed by atoms with Crippen molar-refractivity contribution in [3.63, 3.8) is 0 Å². The van der Waals surface area contributed by atoms with Gasteiger partial charge >= 0.3 is 0 Å². The quantitative estimate of drug-likeness (QED) is 0.129. The van der Waals surface area contributed by atoms with Gasteiger partial charge in [-0.3, -0.25) is 24.1 Å². The highest BCUT2D eigenvalue weighted by Crippen LogP contribution is 2.27. The smallest absolute Gasteiger partial charge is 0.249 e. The molecule has 2 aliphatic heterocycles. The Labute approximate surface area is 293 Å². The van der Waals surface area contributed by atoms with E-state index < -0.39 is 17.5 Å². The van der Waals surface area contributed by atoms with E-state index in [1.165, 1.54) is 38.5 Å². The number of piperidine rings is 1. The molecular weight excluding hydrogens is 602 g/mol. The van der Waals surface area contributed by atoms with E-state index in [0.29, 0.717) is 25.1 Å². The van der Waals surface area contributed by atoms with E-state index >= 15 is 0 Å². The Morgan fingerprint density at radius 2 is 1.44 bits per heavy atom. The van der Waals surface area contributed by atoms with Gasteiger partial charge in [-0.05, 0) is 70.8 Å². The first-order chi connectivity index (χ1) is 22.6. The zero-order valence-corrected chi connectivity index (χ0v) is 32.3. The molecular formula is C39H71N5O4. The summed E-state index contributed by atoms with van der Waals surface area (Å²) in [5.74, 6) is -0.455. The number of nitrogens with zero attached hydrogens (tertiary/aromatic N) is 3. The van der Waals surface area contributed by atoms with Crippen molar-refractivity contribution < 1.29 is 19.2 Å². The molecule has 9 heteroatoms. The van der Waals surface area contributed by atoms with Gasteiger partial charge in [0, 0.05) is 31.8 Å². The predicted octanol–water partition coefficient (Wildman–Crippen LogP) is 6.46. The molecule has 0 aromatic carbocycles. The van der Waals surface area contributed by atoms with E-state index in [1.54, 1.807) is 23.8 Å². The van der Waals surface area contributed by atoms with Crippen LogP contribution in [0.3, 0.4) is 0 Å². The van der Waals surface area contributed by atoms with Crippen LogP contribution in [0.25, 0.3) is 0 Å². The Morgan fingerprint density at radius 3 is 2.02 bits per heavy atom. The van der Waals surface area contributed by atoms with Crippen LogP contribution in [0, 0.1) is 11.3 Å². The number of amides is 4. The van der Waals surface area contributed by atoms with Crippen LogP contribution in [-0.2, 0) is 19.2 Å². The summed E-state index contributed by atoms with van der Waals surface area (Å²) in [6, 6.07) is -1.53. The van der Waals surface area contributed by atoms with Crippen LogP contribution in [0.15, 0.2) is 11.6 Å². The average molecular weight is 674 g/mol. The second-order valence-corrected chi connectivity index (χ2v) is 16.1. The number of hydrogen-bond donors (Lipinski definition) is 2. The number of rotatable bonds is 18. The highest BCUT2D eigenvalue weighted by Gasteiger charge is 2.40. The number of hydrogen-bond acceptors (Lipinski definition) is 5. The fourth-order valence-electron chi connectivity index (χ4n) is 7.27. The van der Waals surface area contributed by atoms with Crippen LogP contribution in [0.5, 0.6) is 0 Å². The SMILES string of the molecule is CCCCCCCCCCNC(=O)[C@@H]1CCCN1C(=O)C(C)=C[C@H](C(C)C)N(C)C(=O)[C@@H](NC(=O)C1CCCCN1C(C)C)C(C)(C)C. The van der Waals surface area contributed by atoms with Crippen molar-refractivity contribution in [3.05, 3.63) is 11.6 Å². The lowest BCUT2D eigenvalue weighted by Gasteiger charge is -2.41. The molecule has 0 radical (unpaired) electrons. The second-order valence-electron chi connectivity index (χ2n) is 16.1. The van der Waals surface area contributed by atoms with E-state index in [-0.39, 0.29) is 47.7 Å². The molecule has 1 unspecified atom stereocenters. The van der Waals surface area contributed by atoms with Crippen molar-refractivity contribution in [2.75, 3.05) is 26.7 Å². The van der Waals surface area contributed by atoms with E-state index in [1.807, 2.05) is 40.7 Å². The first-order valence-corrected chi connectivity index (χ1v) is 19.2. The summed E-state index contributed by atoms with van der Waals surface area (Å²) >= 11 is 0. The van der Waals surface area contributed by atoms with Gasteiger partial charge in [-0.2, -0.15) is 0 Å². The van der Waals surface area contributed by atoms with Gasteiger partial charge in [-0.1, -0.05) is 99.0 Å². The van der Waals surface area contributed by atoms with Gasteiger partial charge < -0.3 is 20.4 Å². The molecule has 0 spiro atoms. The minimum atomic E-state index is -0.718. The van der Waals surface area contributed by atoms with Gasteiger partial charge in [0.15, 0.2) is 0 Å². The van der Waals surface area contributed by atoms with Gasteiger partial charge in [-0.15, -0.1) is 0 Å². The molecule has 9 nitrogen and oxygen atoms in total. The van der Waals surface area contributed by atoms with E-state index in [9.17, 15) is 19.2 Å². The summed E-state index contributed by atoms with van der Waals surface area (Å²) in [7, 11) is 1.77. The van der Waals surface area contributed by atoms with Crippen molar-refractivity contribution in [1.29, 1.82) is 0 Å². The number of likely N-dealkylation sites (tertiary alicyclic amines) is 2. The highest BCUT2D eigenvalue weighted by molar-refractivity contribution is 5.97. The monoisotopic (exact) mass is 674 g/mol. The number of carbonyl (C=O) groups is 4. The molecule has 2 saturated heterocycles. The van der Waals surface area contributed by atoms with Gasteiger partial charge in [0.2, 0.25) is 23.6 Å². The second kappa shape index (κ2) is 20.3. The van der Waals surface area contributed by atoms with Crippen LogP contribution >= 0.6 is 0 Å². The van der Waals surface area contributed by atoms with Crippen LogP contribution in [0.2, 0.25) is 0 Å². The number of likely N-dealkylation sites (N-methyl/N-ethyl adjacent to an activating group) is 1. The largest absolute Gasteiger partial charge is 0.354 e. The molecule has 4 atom stereocenters. The van der Waals surface area contributed by atoms with E-state index in [4.69, 9.17) is 0 Å². The summed E-state index contributed by atoms with van der Waals surface area (Å²) in [6.07, 6.45) is 15.9. The molecule has 2 fully saturated rings. The Hall–Kier alpha value is -2.42. The van der Waals surface area contributed by atoms with Gasteiger partial charge in [0.05, 0.1) is 12.1 Å². The van der Waals surface area contributed by atoms with Crippen molar-refractivity contribution >= 4 is 23.6 Å². The first kappa shape index (κ1) is 41.7. The molecule has 2 aliphatic rings. The third-order valence-corrected chi connectivity index (χ3v) is 10.3. The standard InChI is InChI=1S/C39H71N5O4/c1-11-12-13-14-15-16-17-19-24-40-35(45)31-23-21-26-44(31)37(47)30(6)27-33(28(2)3)42(10)38(48)34(39(7,8)9)41-36(46)32-22-18-20-25-43(32)29(4)5/h27-29,31-34H,11-26H2,1-10H3,(H,40,45)(H,41,46)/t31-,32?,33+,34+/m0/s1. The lowest BCUT2D eigenvalue weighted by Crippen LogP contribution is -2.60. The minimum absolute atomic E-state index is 0.0251. The van der Waals surface area contributed by atoms with Crippen molar-refractivity contribution in [2.45, 2.75) is 176 Å². The third kappa shape index (κ3) is 12.5. The highest BCUT2D eigenvalue weighted by atomic mass is 16.2. The normalized spacial score (nSPS) is 20.6. The van der Waals surface area contributed by atoms with Crippen molar-refractivity contribution in [3.8, 4) is 0 Å². The fraction of sp³-hybridized carbons (Fsp3) is 0.846. The molecule has 0 aromatic rings. The zero-order chi connectivity index (χ0) is 36.0. The molecule has 276 valence electrons. The maximum absolute atomic E-state index is 14.2. The Balaban J connectivity index is 2.07. The molecule has 0 saturated carbocycles. The van der Waals surface area contributed by atoms with Crippen molar-refractivity contribution in [2.24, 2.45) is 11.3 Å². The van der Waals surface area contributed by atoms with Crippen LogP contribution in [0.1, 0.15) is 146 Å². The summed E-state index contributed by atoms with van der Waals surface area (Å²) in [5.41, 5.74) is 0.0152. The average Bonchev–Trinajstić information content (AvgIpc) is 3.53. The molecule has 2 heterocycles. The molecule has 4 amide bonds. The molecule has 0 aliphatic carbocycles. The number of nitrogens with one attached hydrogen (secondary N) is 2. The predicted molar refractivity (Wildman–Crippen MR) is 196 cm³/mol. The van der Waals surface area contributed by atoms with Crippen LogP contribution in [0.4, 0.5) is 0 Å². The van der Waals surface area contributed by atoms with Gasteiger partial charge in [0.25, 0.3) is 0 Å². The Kier molecular flexibility index (Phi) is 17.7. The summed E-state index contributed by atoms with van der Waals surface area (Å²) in [5, 5.41) is 6.23. The zero-order valence-electron chi connectivity index (χ0n) is 32.3. The maximum Gasteiger partial charge on any atom is 0.249 e. The van der Waals surface area contributed by atoms with E-state index in [0.717, 1.165) is 45.1 Å². The summed E-state index contributed by atoms with van der Waals surface area (Å²) in [6.45, 7) is 20.3. The molecule has 2 rings (SSSR count). The summed E-state index contributed by atoms with van der Waals surface area (Å²) < 4.78 is 0. The minimum Gasteiger partial charge on any atom is -0.354 e. The van der Waals surface area contributed by atoms with Crippen molar-refractivity contribution in [1.82, 2.24) is 25.3 Å². The Morgan fingerprint density at radius 1 is 0.833 bits per heavy atom. The molecule has 48 heavy (non-hydrogen) atoms. The molecule has 0 aromatic heterocycles. The maximum atomic E-state index is 14.2. The Bertz CT molecular complexity index is 1070. The van der Waals surface area contributed by atoms with Gasteiger partial charge in [0.1, 0.15) is 12.1 Å². The molecule has 2 N–H and O–H groups in total. The van der Waals surface area contributed by atoms with Crippen LogP contribution in [-0.4, -0.2) is 95.2 Å². The van der Waals surface area contributed by atoms with Crippen LogP contribution < -0.4 is 10.6 Å². The summed E-state index contributed by atoms with van der Waals surface area (Å²) in [4.78, 5) is 60.3. The molecule has 0 bridgehead atoms. The fourth-order valence-corrected chi connectivity index (χ4v) is 7.27. The van der Waals surface area contributed by atoms with E-state index in [2.05, 4.69) is 36.3 Å². The lowest BCUT2D eigenvalue weighted by atomic mass is 9.84.